The second kappa shape index (κ2) is 3.60. The standard InChI is InChI=1S/C13H16N2O3/c1-9(16)15-6-5-14-4-2-3-11(14)13(15)7-10(8-13)12(17)18/h2-4,10H,5-8H2,1H3,(H,17,18). The van der Waals surface area contributed by atoms with Crippen molar-refractivity contribution in [2.24, 2.45) is 5.92 Å². The van der Waals surface area contributed by atoms with Gasteiger partial charge in [0, 0.05) is 31.9 Å². The monoisotopic (exact) mass is 248 g/mol. The molecule has 0 radical (unpaired) electrons. The lowest BCUT2D eigenvalue weighted by molar-refractivity contribution is -0.162. The third-order valence-electron chi connectivity index (χ3n) is 4.29. The number of nitrogens with zero attached hydrogens (tertiary/aromatic N) is 2. The summed E-state index contributed by atoms with van der Waals surface area (Å²) < 4.78 is 2.14. The minimum atomic E-state index is -0.757. The molecule has 1 N–H and O–H groups in total. The number of carboxylic acid groups (broad SMARTS) is 1. The molecule has 18 heavy (non-hydrogen) atoms. The van der Waals surface area contributed by atoms with E-state index in [9.17, 15) is 9.59 Å². The van der Waals surface area contributed by atoms with E-state index in [1.807, 2.05) is 23.2 Å². The van der Waals surface area contributed by atoms with Gasteiger partial charge in [0.15, 0.2) is 0 Å². The predicted octanol–water partition coefficient (Wildman–Crippen LogP) is 1.04. The molecule has 96 valence electrons. The predicted molar refractivity (Wildman–Crippen MR) is 63.9 cm³/mol. The summed E-state index contributed by atoms with van der Waals surface area (Å²) >= 11 is 0. The molecule has 5 nitrogen and oxygen atoms in total. The number of rotatable bonds is 1. The molecule has 0 atom stereocenters. The summed E-state index contributed by atoms with van der Waals surface area (Å²) in [6.45, 7) is 3.03. The molecule has 1 spiro atoms. The normalized spacial score (nSPS) is 29.8. The maximum atomic E-state index is 11.8. The molecule has 0 aromatic carbocycles. The molecule has 1 aromatic heterocycles. The van der Waals surface area contributed by atoms with E-state index in [0.717, 1.165) is 12.2 Å². The van der Waals surface area contributed by atoms with E-state index in [0.29, 0.717) is 19.4 Å². The van der Waals surface area contributed by atoms with Gasteiger partial charge in [-0.15, -0.1) is 0 Å². The highest BCUT2D eigenvalue weighted by molar-refractivity contribution is 5.77. The quantitative estimate of drug-likeness (QED) is 0.807. The van der Waals surface area contributed by atoms with Gasteiger partial charge >= 0.3 is 5.97 Å². The maximum Gasteiger partial charge on any atom is 0.306 e. The summed E-state index contributed by atoms with van der Waals surface area (Å²) in [7, 11) is 0. The van der Waals surface area contributed by atoms with Gasteiger partial charge in [0.2, 0.25) is 5.91 Å². The second-order valence-corrected chi connectivity index (χ2v) is 5.23. The Morgan fingerprint density at radius 3 is 2.72 bits per heavy atom. The first-order valence-corrected chi connectivity index (χ1v) is 6.21. The van der Waals surface area contributed by atoms with Gasteiger partial charge in [-0.1, -0.05) is 0 Å². The van der Waals surface area contributed by atoms with Crippen molar-refractivity contribution in [1.29, 1.82) is 0 Å². The molecular formula is C13H16N2O3. The van der Waals surface area contributed by atoms with Gasteiger partial charge in [-0.05, 0) is 25.0 Å². The van der Waals surface area contributed by atoms with Gasteiger partial charge in [-0.2, -0.15) is 0 Å². The van der Waals surface area contributed by atoms with Crippen LogP contribution in [0.15, 0.2) is 18.3 Å². The van der Waals surface area contributed by atoms with E-state index in [-0.39, 0.29) is 17.4 Å². The van der Waals surface area contributed by atoms with Crippen molar-refractivity contribution in [2.45, 2.75) is 31.8 Å². The van der Waals surface area contributed by atoms with Crippen molar-refractivity contribution in [3.05, 3.63) is 24.0 Å². The molecule has 1 saturated carbocycles. The van der Waals surface area contributed by atoms with Crippen LogP contribution in [0.25, 0.3) is 0 Å². The van der Waals surface area contributed by atoms with Crippen LogP contribution >= 0.6 is 0 Å². The Balaban J connectivity index is 1.99. The molecule has 5 heteroatoms. The van der Waals surface area contributed by atoms with Crippen molar-refractivity contribution in [1.82, 2.24) is 9.47 Å². The molecule has 3 rings (SSSR count). The highest BCUT2D eigenvalue weighted by Crippen LogP contribution is 2.51. The van der Waals surface area contributed by atoms with Crippen LogP contribution in [0.1, 0.15) is 25.5 Å². The fourth-order valence-corrected chi connectivity index (χ4v) is 3.41. The first kappa shape index (κ1) is 11.3. The molecular weight excluding hydrogens is 232 g/mol. The van der Waals surface area contributed by atoms with E-state index >= 15 is 0 Å². The summed E-state index contributed by atoms with van der Waals surface area (Å²) in [5.74, 6) is -1.05. The summed E-state index contributed by atoms with van der Waals surface area (Å²) in [5.41, 5.74) is 0.706. The first-order valence-electron chi connectivity index (χ1n) is 6.21. The number of carboxylic acids is 1. The Morgan fingerprint density at radius 1 is 1.39 bits per heavy atom. The highest BCUT2D eigenvalue weighted by Gasteiger charge is 2.55. The Morgan fingerprint density at radius 2 is 2.11 bits per heavy atom. The van der Waals surface area contributed by atoms with Crippen molar-refractivity contribution in [2.75, 3.05) is 6.54 Å². The Hall–Kier alpha value is -1.78. The van der Waals surface area contributed by atoms with Crippen molar-refractivity contribution >= 4 is 11.9 Å². The lowest BCUT2D eigenvalue weighted by atomic mass is 9.64. The third-order valence-corrected chi connectivity index (χ3v) is 4.29. The zero-order valence-corrected chi connectivity index (χ0v) is 10.3. The summed E-state index contributed by atoms with van der Waals surface area (Å²) in [4.78, 5) is 24.7. The van der Waals surface area contributed by atoms with Gasteiger partial charge in [-0.25, -0.2) is 0 Å². The van der Waals surface area contributed by atoms with Crippen LogP contribution in [-0.2, 0) is 21.7 Å². The Kier molecular flexibility index (Phi) is 2.27. The van der Waals surface area contributed by atoms with Crippen LogP contribution < -0.4 is 0 Å². The van der Waals surface area contributed by atoms with Crippen LogP contribution in [0.3, 0.4) is 0 Å². The number of carbonyl (C=O) groups excluding carboxylic acids is 1. The Labute approximate surface area is 105 Å². The zero-order valence-electron chi connectivity index (χ0n) is 10.3. The minimum Gasteiger partial charge on any atom is -0.481 e. The minimum absolute atomic E-state index is 0.0336. The molecule has 1 fully saturated rings. The molecule has 0 bridgehead atoms. The lowest BCUT2D eigenvalue weighted by Crippen LogP contribution is -2.61. The average molecular weight is 248 g/mol. The summed E-state index contributed by atoms with van der Waals surface area (Å²) in [6.07, 6.45) is 3.07. The second-order valence-electron chi connectivity index (χ2n) is 5.23. The molecule has 1 aliphatic carbocycles. The number of carbonyl (C=O) groups is 2. The van der Waals surface area contributed by atoms with E-state index < -0.39 is 5.97 Å². The molecule has 1 aromatic rings. The average Bonchev–Trinajstić information content (AvgIpc) is 2.71. The Bertz CT molecular complexity index is 514. The molecule has 1 amide bonds. The summed E-state index contributed by atoms with van der Waals surface area (Å²) in [6, 6.07) is 3.97. The van der Waals surface area contributed by atoms with E-state index in [2.05, 4.69) is 4.57 Å². The van der Waals surface area contributed by atoms with Gasteiger partial charge < -0.3 is 14.6 Å². The van der Waals surface area contributed by atoms with Crippen LogP contribution in [0.4, 0.5) is 0 Å². The van der Waals surface area contributed by atoms with Crippen LogP contribution in [0, 0.1) is 5.92 Å². The van der Waals surface area contributed by atoms with E-state index in [4.69, 9.17) is 5.11 Å². The van der Waals surface area contributed by atoms with Gasteiger partial charge in [0.1, 0.15) is 0 Å². The maximum absolute atomic E-state index is 11.8. The molecule has 0 unspecified atom stereocenters. The molecule has 1 aliphatic heterocycles. The number of fused-ring (bicyclic) bond motifs is 2. The zero-order chi connectivity index (χ0) is 12.9. The van der Waals surface area contributed by atoms with Crippen molar-refractivity contribution in [3.8, 4) is 0 Å². The number of hydrogen-bond acceptors (Lipinski definition) is 2. The molecule has 2 heterocycles. The smallest absolute Gasteiger partial charge is 0.306 e. The first-order chi connectivity index (χ1) is 8.54. The lowest BCUT2D eigenvalue weighted by Gasteiger charge is -2.55. The number of aromatic nitrogens is 1. The largest absolute Gasteiger partial charge is 0.481 e. The van der Waals surface area contributed by atoms with E-state index in [1.54, 1.807) is 6.92 Å². The molecule has 0 saturated heterocycles. The molecule has 2 aliphatic rings. The van der Waals surface area contributed by atoms with E-state index in [1.165, 1.54) is 0 Å². The van der Waals surface area contributed by atoms with Gasteiger partial charge in [-0.3, -0.25) is 9.59 Å². The van der Waals surface area contributed by atoms with Crippen molar-refractivity contribution < 1.29 is 14.7 Å². The third kappa shape index (κ3) is 1.33. The summed E-state index contributed by atoms with van der Waals surface area (Å²) in [5, 5.41) is 9.06. The number of aliphatic carboxylic acids is 1. The topological polar surface area (TPSA) is 62.5 Å². The SMILES string of the molecule is CC(=O)N1CCn2cccc2C12CC(C(=O)O)C2. The van der Waals surface area contributed by atoms with Crippen LogP contribution in [-0.4, -0.2) is 33.0 Å². The van der Waals surface area contributed by atoms with Crippen LogP contribution in [0.2, 0.25) is 0 Å². The van der Waals surface area contributed by atoms with Crippen molar-refractivity contribution in [3.63, 3.8) is 0 Å². The number of hydrogen-bond donors (Lipinski definition) is 1. The fourth-order valence-electron chi connectivity index (χ4n) is 3.41. The number of amides is 1. The van der Waals surface area contributed by atoms with Crippen LogP contribution in [0.5, 0.6) is 0 Å². The van der Waals surface area contributed by atoms with Gasteiger partial charge in [0.05, 0.1) is 11.5 Å². The fraction of sp³-hybridized carbons (Fsp3) is 0.538. The van der Waals surface area contributed by atoms with Gasteiger partial charge in [0.25, 0.3) is 0 Å². The highest BCUT2D eigenvalue weighted by atomic mass is 16.4.